The van der Waals surface area contributed by atoms with E-state index in [1.54, 1.807) is 0 Å². The van der Waals surface area contributed by atoms with Crippen molar-refractivity contribution >= 4 is 39.9 Å². The number of hydrazone groups is 1. The first-order valence-corrected chi connectivity index (χ1v) is 3.29. The van der Waals surface area contributed by atoms with Crippen LogP contribution in [0, 0.1) is 0 Å². The lowest BCUT2D eigenvalue weighted by Gasteiger charge is -2.14. The van der Waals surface area contributed by atoms with E-state index in [-0.39, 0.29) is 17.3 Å². The van der Waals surface area contributed by atoms with Crippen LogP contribution in [0.25, 0.3) is 0 Å². The summed E-state index contributed by atoms with van der Waals surface area (Å²) in [6.45, 7) is 0.0937. The second-order valence-electron chi connectivity index (χ2n) is 1.54. The van der Waals surface area contributed by atoms with Crippen LogP contribution >= 0.6 is 23.2 Å². The van der Waals surface area contributed by atoms with Gasteiger partial charge >= 0.3 is 0 Å². The van der Waals surface area contributed by atoms with Gasteiger partial charge in [0.25, 0.3) is 6.08 Å². The van der Waals surface area contributed by atoms with Crippen molar-refractivity contribution in [2.45, 2.75) is 0 Å². The Kier molecular flexibility index (Phi) is 2.59. The Labute approximate surface area is 72.0 Å². The Morgan fingerprint density at radius 1 is 1.64 bits per heavy atom. The maximum atomic E-state index is 9.77. The SMILES string of the molecule is O=C=NN1CN=C(Cl)N=C1Cl. The molecule has 0 N–H and O–H groups in total. The normalized spacial score (nSPS) is 16.7. The molecule has 58 valence electrons. The van der Waals surface area contributed by atoms with Gasteiger partial charge in [0.1, 0.15) is 6.67 Å². The average molecular weight is 193 g/mol. The molecular weight excluding hydrogens is 191 g/mol. The van der Waals surface area contributed by atoms with Crippen molar-refractivity contribution in [1.29, 1.82) is 0 Å². The van der Waals surface area contributed by atoms with Crippen LogP contribution in [0.1, 0.15) is 0 Å². The zero-order valence-corrected chi connectivity index (χ0v) is 6.67. The van der Waals surface area contributed by atoms with Gasteiger partial charge in [0.2, 0.25) is 10.6 Å². The second kappa shape index (κ2) is 3.48. The molecule has 0 saturated heterocycles. The molecule has 1 rings (SSSR count). The molecule has 0 aliphatic carbocycles. The van der Waals surface area contributed by atoms with E-state index in [0.29, 0.717) is 0 Å². The predicted molar refractivity (Wildman–Crippen MR) is 41.4 cm³/mol. The van der Waals surface area contributed by atoms with Crippen LogP contribution in [-0.2, 0) is 4.79 Å². The van der Waals surface area contributed by atoms with Crippen LogP contribution in [0.5, 0.6) is 0 Å². The molecule has 1 aliphatic heterocycles. The van der Waals surface area contributed by atoms with Gasteiger partial charge in [-0.15, -0.1) is 0 Å². The number of isocyanates is 1. The van der Waals surface area contributed by atoms with Crippen LogP contribution in [0.3, 0.4) is 0 Å². The lowest BCUT2D eigenvalue weighted by molar-refractivity contribution is 0.452. The number of rotatable bonds is 1. The average Bonchev–Trinajstić information content (AvgIpc) is 1.95. The fraction of sp³-hybridized carbons (Fsp3) is 0.250. The molecule has 11 heavy (non-hydrogen) atoms. The third-order valence-electron chi connectivity index (χ3n) is 0.894. The van der Waals surface area contributed by atoms with Crippen molar-refractivity contribution in [3.05, 3.63) is 0 Å². The molecule has 0 bridgehead atoms. The third kappa shape index (κ3) is 2.01. The van der Waals surface area contributed by atoms with Crippen LogP contribution in [0.4, 0.5) is 0 Å². The molecule has 0 aromatic heterocycles. The van der Waals surface area contributed by atoms with Crippen molar-refractivity contribution < 1.29 is 4.79 Å². The van der Waals surface area contributed by atoms with Gasteiger partial charge in [-0.25, -0.2) is 14.8 Å². The molecule has 7 heteroatoms. The topological polar surface area (TPSA) is 57.4 Å². The highest BCUT2D eigenvalue weighted by molar-refractivity contribution is 6.71. The van der Waals surface area contributed by atoms with Gasteiger partial charge in [-0.05, 0) is 23.2 Å². The van der Waals surface area contributed by atoms with E-state index in [1.165, 1.54) is 6.08 Å². The van der Waals surface area contributed by atoms with Crippen molar-refractivity contribution in [3.63, 3.8) is 0 Å². The molecule has 0 amide bonds. The van der Waals surface area contributed by atoms with Crippen LogP contribution in [-0.4, -0.2) is 28.3 Å². The minimum absolute atomic E-state index is 0.00773. The first kappa shape index (κ1) is 8.20. The van der Waals surface area contributed by atoms with Crippen LogP contribution in [0.2, 0.25) is 0 Å². The van der Waals surface area contributed by atoms with Crippen molar-refractivity contribution in [2.24, 2.45) is 15.1 Å². The molecule has 0 atom stereocenters. The van der Waals surface area contributed by atoms with E-state index in [0.717, 1.165) is 5.01 Å². The fourth-order valence-corrected chi connectivity index (χ4v) is 0.823. The smallest absolute Gasteiger partial charge is 0.232 e. The maximum Gasteiger partial charge on any atom is 0.258 e. The molecule has 0 saturated carbocycles. The highest BCUT2D eigenvalue weighted by Crippen LogP contribution is 2.06. The van der Waals surface area contributed by atoms with Gasteiger partial charge in [0, 0.05) is 0 Å². The molecule has 1 aliphatic rings. The van der Waals surface area contributed by atoms with Crippen molar-refractivity contribution in [1.82, 2.24) is 5.01 Å². The van der Waals surface area contributed by atoms with Gasteiger partial charge < -0.3 is 0 Å². The van der Waals surface area contributed by atoms with Crippen molar-refractivity contribution in [2.75, 3.05) is 6.67 Å². The summed E-state index contributed by atoms with van der Waals surface area (Å²) in [5.74, 6) is 0. The fourth-order valence-electron chi connectivity index (χ4n) is 0.475. The summed E-state index contributed by atoms with van der Waals surface area (Å²) in [4.78, 5) is 16.9. The van der Waals surface area contributed by atoms with E-state index in [9.17, 15) is 4.79 Å². The van der Waals surface area contributed by atoms with Gasteiger partial charge in [-0.3, -0.25) is 0 Å². The molecule has 0 aromatic rings. The lowest BCUT2D eigenvalue weighted by Crippen LogP contribution is -2.25. The number of nitrogens with zero attached hydrogens (tertiary/aromatic N) is 4. The van der Waals surface area contributed by atoms with Gasteiger partial charge in [0.05, 0.1) is 0 Å². The third-order valence-corrected chi connectivity index (χ3v) is 1.38. The van der Waals surface area contributed by atoms with Gasteiger partial charge in [-0.2, -0.15) is 4.99 Å². The lowest BCUT2D eigenvalue weighted by atomic mass is 10.9. The van der Waals surface area contributed by atoms with E-state index in [4.69, 9.17) is 23.2 Å². The summed E-state index contributed by atoms with van der Waals surface area (Å²) in [6, 6.07) is 0. The largest absolute Gasteiger partial charge is 0.258 e. The number of hydrogen-bond donors (Lipinski definition) is 0. The summed E-state index contributed by atoms with van der Waals surface area (Å²) in [5.41, 5.74) is 0. The zero-order valence-electron chi connectivity index (χ0n) is 5.16. The molecule has 0 radical (unpaired) electrons. The van der Waals surface area contributed by atoms with E-state index in [1.807, 2.05) is 0 Å². The number of carbonyl (C=O) groups excluding carboxylic acids is 1. The summed E-state index contributed by atoms with van der Waals surface area (Å²) < 4.78 is 0. The monoisotopic (exact) mass is 192 g/mol. The van der Waals surface area contributed by atoms with Gasteiger partial charge in [-0.1, -0.05) is 5.10 Å². The highest BCUT2D eigenvalue weighted by atomic mass is 35.5. The molecule has 0 unspecified atom stereocenters. The second-order valence-corrected chi connectivity index (χ2v) is 2.22. The molecule has 0 aromatic carbocycles. The Morgan fingerprint density at radius 3 is 2.91 bits per heavy atom. The Bertz CT molecular complexity index is 267. The van der Waals surface area contributed by atoms with Crippen molar-refractivity contribution in [3.8, 4) is 0 Å². The quantitative estimate of drug-likeness (QED) is 0.349. The maximum absolute atomic E-state index is 9.77. The van der Waals surface area contributed by atoms with E-state index >= 15 is 0 Å². The molecule has 1 heterocycles. The highest BCUT2D eigenvalue weighted by Gasteiger charge is 2.12. The summed E-state index contributed by atoms with van der Waals surface area (Å²) in [6.07, 6.45) is 1.31. The zero-order chi connectivity index (χ0) is 8.27. The summed E-state index contributed by atoms with van der Waals surface area (Å²) in [7, 11) is 0. The number of amidine groups is 2. The minimum Gasteiger partial charge on any atom is -0.232 e. The van der Waals surface area contributed by atoms with Crippen LogP contribution < -0.4 is 0 Å². The standard InChI is InChI=1S/C4H2Cl2N4O/c5-3-7-1-10(8-2-11)4(6)9-3/h1H2. The number of halogens is 2. The molecule has 0 fully saturated rings. The molecular formula is C4H2Cl2N4O. The Morgan fingerprint density at radius 2 is 2.36 bits per heavy atom. The van der Waals surface area contributed by atoms with E-state index in [2.05, 4.69) is 15.1 Å². The number of aliphatic imine (C=N–C) groups is 2. The predicted octanol–water partition coefficient (Wildman–Crippen LogP) is 0.700. The van der Waals surface area contributed by atoms with Gasteiger partial charge in [0.15, 0.2) is 0 Å². The number of hydrogen-bond acceptors (Lipinski definition) is 5. The summed E-state index contributed by atoms with van der Waals surface area (Å²) >= 11 is 10.9. The molecule has 5 nitrogen and oxygen atoms in total. The minimum atomic E-state index is 0.00773. The first-order chi connectivity index (χ1) is 5.24. The van der Waals surface area contributed by atoms with E-state index < -0.39 is 0 Å². The Balaban J connectivity index is 2.79. The summed E-state index contributed by atoms with van der Waals surface area (Å²) in [5, 5.41) is 4.32. The Hall–Kier alpha value is -0.900. The first-order valence-electron chi connectivity index (χ1n) is 2.53. The molecule has 0 spiro atoms. The van der Waals surface area contributed by atoms with Crippen LogP contribution in [0.15, 0.2) is 15.1 Å².